The molecule has 216 valence electrons. The molecule has 6 nitrogen and oxygen atoms in total. The van der Waals surface area contributed by atoms with Gasteiger partial charge in [0.1, 0.15) is 0 Å². The van der Waals surface area contributed by atoms with Crippen LogP contribution in [0.4, 0.5) is 0 Å². The molecule has 2 aromatic rings. The number of carbonyl (C=O) groups is 2. The molecule has 0 atom stereocenters. The number of ether oxygens (including phenoxy) is 4. The quantitative estimate of drug-likeness (QED) is 0.162. The molecule has 0 aliphatic carbocycles. The molecule has 39 heavy (non-hydrogen) atoms. The monoisotopic (exact) mass is 602 g/mol. The van der Waals surface area contributed by atoms with Gasteiger partial charge in [-0.2, -0.15) is 0 Å². The van der Waals surface area contributed by atoms with Crippen molar-refractivity contribution in [3.05, 3.63) is 67.8 Å². The Morgan fingerprint density at radius 2 is 0.974 bits per heavy atom. The van der Waals surface area contributed by atoms with Crippen molar-refractivity contribution >= 4 is 22.5 Å². The third-order valence-corrected chi connectivity index (χ3v) is 17.9. The second-order valence-corrected chi connectivity index (χ2v) is 19.9. The van der Waals surface area contributed by atoms with Gasteiger partial charge in [-0.05, 0) is 0 Å². The van der Waals surface area contributed by atoms with E-state index in [1.807, 2.05) is 41.5 Å². The number of carbonyl (C=O) groups excluding carboxylic acids is 2. The molecular formula is C32H48GeO6. The van der Waals surface area contributed by atoms with Gasteiger partial charge in [0.25, 0.3) is 0 Å². The van der Waals surface area contributed by atoms with Crippen LogP contribution >= 0.6 is 0 Å². The van der Waals surface area contributed by atoms with Gasteiger partial charge in [-0.15, -0.1) is 0 Å². The Kier molecular flexibility index (Phi) is 13.0. The molecule has 0 unspecified atom stereocenters. The first kappa shape index (κ1) is 33.4. The van der Waals surface area contributed by atoms with E-state index in [1.54, 1.807) is 14.2 Å². The van der Waals surface area contributed by atoms with Gasteiger partial charge in [0, 0.05) is 0 Å². The Hall–Kier alpha value is -1.84. The fraction of sp³-hybridized carbons (Fsp3) is 0.562. The van der Waals surface area contributed by atoms with Crippen molar-refractivity contribution in [2.75, 3.05) is 40.6 Å². The van der Waals surface area contributed by atoms with Gasteiger partial charge in [0.05, 0.1) is 0 Å². The zero-order valence-electron chi connectivity index (χ0n) is 25.8. The maximum atomic E-state index is 14.6. The minimum absolute atomic E-state index is 0.0791. The van der Waals surface area contributed by atoms with Crippen LogP contribution in [-0.4, -0.2) is 63.1 Å². The predicted octanol–water partition coefficient (Wildman–Crippen LogP) is 6.50. The van der Waals surface area contributed by atoms with Crippen molar-refractivity contribution in [1.29, 1.82) is 0 Å². The summed E-state index contributed by atoms with van der Waals surface area (Å²) >= 11 is -3.81. The Labute approximate surface area is 238 Å². The summed E-state index contributed by atoms with van der Waals surface area (Å²) in [6.07, 6.45) is 0. The van der Waals surface area contributed by atoms with Gasteiger partial charge in [0.2, 0.25) is 0 Å². The van der Waals surface area contributed by atoms with Crippen molar-refractivity contribution in [1.82, 2.24) is 0 Å². The molecule has 0 saturated carbocycles. The van der Waals surface area contributed by atoms with Crippen molar-refractivity contribution < 1.29 is 28.5 Å². The van der Waals surface area contributed by atoms with E-state index < -0.39 is 13.3 Å². The van der Waals surface area contributed by atoms with Crippen molar-refractivity contribution in [3.8, 4) is 0 Å². The average Bonchev–Trinajstić information content (AvgIpc) is 2.88. The van der Waals surface area contributed by atoms with Gasteiger partial charge in [-0.3, -0.25) is 0 Å². The zero-order chi connectivity index (χ0) is 29.3. The Morgan fingerprint density at radius 1 is 0.615 bits per heavy atom. The fourth-order valence-electron chi connectivity index (χ4n) is 5.70. The SMILES string of the molecule is C[CH2][Ge]([CH2]C)([C](=O)c1c(C)cc(C)c(COCCOC)c1C)[C](=O)c1c(C)cc(C)c(COCCOC)c1C. The standard InChI is InChI=1S/C32H48GeO6/c1-11-33(12-2,31(34)29-23(5)17-21(3)27(25(29)7)19-38-15-13-36-9)32(35)30-24(6)18-22(4)28(26(30)8)20-39-16-14-37-10/h17-18H,11-16,19-20H2,1-10H3. The van der Waals surface area contributed by atoms with Crippen LogP contribution in [0.1, 0.15) is 79.1 Å². The van der Waals surface area contributed by atoms with Crippen LogP contribution in [0.15, 0.2) is 12.1 Å². The summed E-state index contributed by atoms with van der Waals surface area (Å²) in [6, 6.07) is 4.13. The van der Waals surface area contributed by atoms with E-state index in [2.05, 4.69) is 26.0 Å². The number of hydrogen-bond donors (Lipinski definition) is 0. The molecule has 2 rings (SSSR count). The first-order valence-electron chi connectivity index (χ1n) is 13.9. The molecular weight excluding hydrogens is 553 g/mol. The second kappa shape index (κ2) is 15.2. The molecule has 0 spiro atoms. The Balaban J connectivity index is 2.60. The first-order valence-corrected chi connectivity index (χ1v) is 19.0. The van der Waals surface area contributed by atoms with Crippen LogP contribution < -0.4 is 0 Å². The van der Waals surface area contributed by atoms with Crippen molar-refractivity contribution in [2.45, 2.75) is 79.1 Å². The molecule has 0 saturated heterocycles. The molecule has 7 heteroatoms. The average molecular weight is 601 g/mol. The third kappa shape index (κ3) is 7.28. The number of hydrogen-bond acceptors (Lipinski definition) is 6. The molecule has 0 fully saturated rings. The van der Waals surface area contributed by atoms with E-state index in [0.717, 1.165) is 44.5 Å². The van der Waals surface area contributed by atoms with E-state index in [4.69, 9.17) is 18.9 Å². The predicted molar refractivity (Wildman–Crippen MR) is 160 cm³/mol. The Bertz CT molecular complexity index is 1080. The molecule has 0 radical (unpaired) electrons. The van der Waals surface area contributed by atoms with Crippen LogP contribution in [0, 0.1) is 41.5 Å². The number of aryl methyl sites for hydroxylation is 4. The van der Waals surface area contributed by atoms with E-state index in [0.29, 0.717) is 61.3 Å². The molecule has 2 aromatic carbocycles. The molecule has 0 N–H and O–H groups in total. The van der Waals surface area contributed by atoms with Gasteiger partial charge >= 0.3 is 239 Å². The minimum atomic E-state index is -3.81. The molecule has 0 amide bonds. The Morgan fingerprint density at radius 3 is 1.28 bits per heavy atom. The summed E-state index contributed by atoms with van der Waals surface area (Å²) in [7, 11) is 3.30. The summed E-state index contributed by atoms with van der Waals surface area (Å²) in [5, 5.41) is 1.21. The summed E-state index contributed by atoms with van der Waals surface area (Å²) in [6.45, 7) is 19.0. The van der Waals surface area contributed by atoms with E-state index >= 15 is 0 Å². The van der Waals surface area contributed by atoms with E-state index in [1.165, 1.54) is 0 Å². The van der Waals surface area contributed by atoms with Crippen LogP contribution in [0.5, 0.6) is 0 Å². The van der Waals surface area contributed by atoms with Crippen LogP contribution in [-0.2, 0) is 32.2 Å². The van der Waals surface area contributed by atoms with Gasteiger partial charge in [-0.1, -0.05) is 0 Å². The molecule has 0 aliphatic heterocycles. The number of benzene rings is 2. The van der Waals surface area contributed by atoms with Crippen LogP contribution in [0.25, 0.3) is 0 Å². The number of rotatable bonds is 16. The summed E-state index contributed by atoms with van der Waals surface area (Å²) in [5.41, 5.74) is 9.41. The second-order valence-electron chi connectivity index (χ2n) is 10.5. The van der Waals surface area contributed by atoms with Crippen LogP contribution in [0.2, 0.25) is 10.5 Å². The molecule has 0 aliphatic rings. The van der Waals surface area contributed by atoms with Crippen molar-refractivity contribution in [2.24, 2.45) is 0 Å². The van der Waals surface area contributed by atoms with Crippen LogP contribution in [0.3, 0.4) is 0 Å². The normalized spacial score (nSPS) is 11.7. The maximum absolute atomic E-state index is 14.6. The van der Waals surface area contributed by atoms with Gasteiger partial charge < -0.3 is 0 Å². The fourth-order valence-corrected chi connectivity index (χ4v) is 13.5. The van der Waals surface area contributed by atoms with Crippen molar-refractivity contribution in [3.63, 3.8) is 0 Å². The van der Waals surface area contributed by atoms with E-state index in [-0.39, 0.29) is 9.23 Å². The summed E-state index contributed by atoms with van der Waals surface area (Å²) in [5.74, 6) is 0. The molecule has 0 aromatic heterocycles. The zero-order valence-corrected chi connectivity index (χ0v) is 27.9. The molecule has 0 heterocycles. The molecule has 0 bridgehead atoms. The first-order chi connectivity index (χ1) is 18.5. The summed E-state index contributed by atoms with van der Waals surface area (Å²) < 4.78 is 22.1. The van der Waals surface area contributed by atoms with E-state index in [9.17, 15) is 9.59 Å². The third-order valence-electron chi connectivity index (χ3n) is 8.15. The number of methoxy groups -OCH3 is 2. The van der Waals surface area contributed by atoms with Gasteiger partial charge in [0.15, 0.2) is 0 Å². The topological polar surface area (TPSA) is 71.1 Å². The summed E-state index contributed by atoms with van der Waals surface area (Å²) in [4.78, 5) is 29.2. The van der Waals surface area contributed by atoms with Gasteiger partial charge in [-0.25, -0.2) is 0 Å².